The molecule has 0 spiro atoms. The molecular formula is C22H28N4O. The molecule has 2 fully saturated rings. The summed E-state index contributed by atoms with van der Waals surface area (Å²) in [6, 6.07) is 12.8. The Balaban J connectivity index is 1.33. The standard InChI is InChI=1S/C22H28N4O/c1-16-5-4-6-18(15-16)20-9-10-21(25-24-20)26-13-11-17(12-14-26)22(27)23-19-7-2-3-8-19/h4-6,9-10,15,17,19H,2-3,7-8,11-14H2,1H3,(H,23,27). The average molecular weight is 364 g/mol. The highest BCUT2D eigenvalue weighted by Gasteiger charge is 2.28. The molecule has 2 aromatic rings. The van der Waals surface area contributed by atoms with Crippen LogP contribution in [0.2, 0.25) is 0 Å². The first-order valence-electron chi connectivity index (χ1n) is 10.1. The molecule has 0 bridgehead atoms. The Morgan fingerprint density at radius 2 is 1.81 bits per heavy atom. The van der Waals surface area contributed by atoms with E-state index in [2.05, 4.69) is 45.5 Å². The van der Waals surface area contributed by atoms with Gasteiger partial charge in [0.2, 0.25) is 5.91 Å². The molecule has 1 amide bonds. The van der Waals surface area contributed by atoms with Gasteiger partial charge in [0.05, 0.1) is 5.69 Å². The van der Waals surface area contributed by atoms with Crippen LogP contribution in [0.1, 0.15) is 44.1 Å². The Morgan fingerprint density at radius 3 is 2.48 bits per heavy atom. The first kappa shape index (κ1) is 18.0. The number of nitrogens with zero attached hydrogens (tertiary/aromatic N) is 3. The molecule has 0 unspecified atom stereocenters. The summed E-state index contributed by atoms with van der Waals surface area (Å²) in [4.78, 5) is 14.7. The highest BCUT2D eigenvalue weighted by Crippen LogP contribution is 2.25. The van der Waals surface area contributed by atoms with Gasteiger partial charge in [-0.3, -0.25) is 4.79 Å². The highest BCUT2D eigenvalue weighted by molar-refractivity contribution is 5.79. The molecule has 0 radical (unpaired) electrons. The van der Waals surface area contributed by atoms with E-state index in [1.807, 2.05) is 18.2 Å². The van der Waals surface area contributed by atoms with Crippen LogP contribution in [0.3, 0.4) is 0 Å². The number of carbonyl (C=O) groups excluding carboxylic acids is 1. The number of aryl methyl sites for hydroxylation is 1. The van der Waals surface area contributed by atoms with Crippen LogP contribution >= 0.6 is 0 Å². The summed E-state index contributed by atoms with van der Waals surface area (Å²) in [6.45, 7) is 3.81. The minimum absolute atomic E-state index is 0.140. The van der Waals surface area contributed by atoms with Crippen LogP contribution in [0.4, 0.5) is 5.82 Å². The number of hydrogen-bond donors (Lipinski definition) is 1. The third-order valence-electron chi connectivity index (χ3n) is 5.86. The zero-order valence-corrected chi connectivity index (χ0v) is 16.0. The number of rotatable bonds is 4. The summed E-state index contributed by atoms with van der Waals surface area (Å²) in [5.41, 5.74) is 3.21. The van der Waals surface area contributed by atoms with Crippen LogP contribution in [0.25, 0.3) is 11.3 Å². The molecule has 1 saturated heterocycles. The van der Waals surface area contributed by atoms with E-state index in [9.17, 15) is 4.79 Å². The summed E-state index contributed by atoms with van der Waals surface area (Å²) in [6.07, 6.45) is 6.57. The second-order valence-corrected chi connectivity index (χ2v) is 7.90. The predicted molar refractivity (Wildman–Crippen MR) is 108 cm³/mol. The number of benzene rings is 1. The maximum Gasteiger partial charge on any atom is 0.223 e. The van der Waals surface area contributed by atoms with Crippen molar-refractivity contribution in [1.82, 2.24) is 15.5 Å². The van der Waals surface area contributed by atoms with Crippen molar-refractivity contribution in [2.24, 2.45) is 5.92 Å². The number of amides is 1. The lowest BCUT2D eigenvalue weighted by atomic mass is 9.95. The molecule has 4 rings (SSSR count). The minimum Gasteiger partial charge on any atom is -0.355 e. The molecular weight excluding hydrogens is 336 g/mol. The van der Waals surface area contributed by atoms with Crippen molar-refractivity contribution in [1.29, 1.82) is 0 Å². The summed E-state index contributed by atoms with van der Waals surface area (Å²) in [5.74, 6) is 1.30. The second-order valence-electron chi connectivity index (χ2n) is 7.90. The third-order valence-corrected chi connectivity index (χ3v) is 5.86. The quantitative estimate of drug-likeness (QED) is 0.898. The molecule has 1 aromatic carbocycles. The number of aromatic nitrogens is 2. The van der Waals surface area contributed by atoms with E-state index in [0.717, 1.165) is 55.8 Å². The first-order valence-corrected chi connectivity index (χ1v) is 10.1. The number of anilines is 1. The SMILES string of the molecule is Cc1cccc(-c2ccc(N3CCC(C(=O)NC4CCCC4)CC3)nn2)c1. The van der Waals surface area contributed by atoms with Crippen LogP contribution < -0.4 is 10.2 Å². The van der Waals surface area contributed by atoms with E-state index in [1.54, 1.807) is 0 Å². The molecule has 2 aliphatic rings. The van der Waals surface area contributed by atoms with Crippen LogP contribution in [0.5, 0.6) is 0 Å². The van der Waals surface area contributed by atoms with Gasteiger partial charge in [-0.1, -0.05) is 36.6 Å². The molecule has 0 atom stereocenters. The molecule has 5 heteroatoms. The van der Waals surface area contributed by atoms with Gasteiger partial charge >= 0.3 is 0 Å². The van der Waals surface area contributed by atoms with Gasteiger partial charge in [0.25, 0.3) is 0 Å². The molecule has 27 heavy (non-hydrogen) atoms. The maximum absolute atomic E-state index is 12.5. The Morgan fingerprint density at radius 1 is 1.04 bits per heavy atom. The lowest BCUT2D eigenvalue weighted by Crippen LogP contribution is -2.43. The lowest BCUT2D eigenvalue weighted by Gasteiger charge is -2.32. The molecule has 2 heterocycles. The highest BCUT2D eigenvalue weighted by atomic mass is 16.1. The van der Waals surface area contributed by atoms with Crippen LogP contribution in [0, 0.1) is 12.8 Å². The van der Waals surface area contributed by atoms with E-state index < -0.39 is 0 Å². The van der Waals surface area contributed by atoms with Crippen molar-refractivity contribution in [3.63, 3.8) is 0 Å². The summed E-state index contributed by atoms with van der Waals surface area (Å²) >= 11 is 0. The van der Waals surface area contributed by atoms with Crippen LogP contribution in [-0.2, 0) is 4.79 Å². The number of piperidine rings is 1. The van der Waals surface area contributed by atoms with Crippen molar-refractivity contribution in [2.75, 3.05) is 18.0 Å². The van der Waals surface area contributed by atoms with Crippen molar-refractivity contribution in [2.45, 2.75) is 51.5 Å². The van der Waals surface area contributed by atoms with E-state index in [0.29, 0.717) is 6.04 Å². The fourth-order valence-electron chi connectivity index (χ4n) is 4.21. The van der Waals surface area contributed by atoms with Gasteiger partial charge in [-0.15, -0.1) is 10.2 Å². The van der Waals surface area contributed by atoms with E-state index in [4.69, 9.17) is 0 Å². The van der Waals surface area contributed by atoms with Gasteiger partial charge in [0.15, 0.2) is 5.82 Å². The van der Waals surface area contributed by atoms with Crippen LogP contribution in [-0.4, -0.2) is 35.2 Å². The van der Waals surface area contributed by atoms with Gasteiger partial charge in [-0.2, -0.15) is 0 Å². The Hall–Kier alpha value is -2.43. The molecule has 1 N–H and O–H groups in total. The summed E-state index contributed by atoms with van der Waals surface area (Å²) in [5, 5.41) is 12.1. The smallest absolute Gasteiger partial charge is 0.223 e. The third kappa shape index (κ3) is 4.29. The Kier molecular flexibility index (Phi) is 5.37. The molecule has 1 aliphatic heterocycles. The maximum atomic E-state index is 12.5. The summed E-state index contributed by atoms with van der Waals surface area (Å²) in [7, 11) is 0. The van der Waals surface area contributed by atoms with Crippen molar-refractivity contribution < 1.29 is 4.79 Å². The monoisotopic (exact) mass is 364 g/mol. The van der Waals surface area contributed by atoms with E-state index >= 15 is 0 Å². The predicted octanol–water partition coefficient (Wildman–Crippen LogP) is 3.73. The van der Waals surface area contributed by atoms with Gasteiger partial charge in [0.1, 0.15) is 0 Å². The Bertz CT molecular complexity index is 775. The molecule has 142 valence electrons. The molecule has 5 nitrogen and oxygen atoms in total. The topological polar surface area (TPSA) is 58.1 Å². The van der Waals surface area contributed by atoms with Gasteiger partial charge in [-0.05, 0) is 50.8 Å². The minimum atomic E-state index is 0.140. The number of carbonyl (C=O) groups is 1. The largest absolute Gasteiger partial charge is 0.355 e. The average Bonchev–Trinajstić information content (AvgIpc) is 3.21. The van der Waals surface area contributed by atoms with E-state index in [-0.39, 0.29) is 11.8 Å². The van der Waals surface area contributed by atoms with Crippen molar-refractivity contribution in [3.05, 3.63) is 42.0 Å². The Labute approximate surface area is 161 Å². The fraction of sp³-hybridized carbons (Fsp3) is 0.500. The van der Waals surface area contributed by atoms with E-state index in [1.165, 1.54) is 18.4 Å². The van der Waals surface area contributed by atoms with Crippen molar-refractivity contribution >= 4 is 11.7 Å². The number of nitrogens with one attached hydrogen (secondary N) is 1. The van der Waals surface area contributed by atoms with Crippen LogP contribution in [0.15, 0.2) is 36.4 Å². The molecule has 1 saturated carbocycles. The first-order chi connectivity index (χ1) is 13.2. The fourth-order valence-corrected chi connectivity index (χ4v) is 4.21. The van der Waals surface area contributed by atoms with Gasteiger partial charge in [-0.25, -0.2) is 0 Å². The molecule has 1 aliphatic carbocycles. The number of hydrogen-bond acceptors (Lipinski definition) is 4. The zero-order valence-electron chi connectivity index (χ0n) is 16.0. The zero-order chi connectivity index (χ0) is 18.6. The molecule has 1 aromatic heterocycles. The second kappa shape index (κ2) is 8.07. The van der Waals surface area contributed by atoms with Crippen molar-refractivity contribution in [3.8, 4) is 11.3 Å². The normalized spacial score (nSPS) is 18.6. The summed E-state index contributed by atoms with van der Waals surface area (Å²) < 4.78 is 0. The lowest BCUT2D eigenvalue weighted by molar-refractivity contribution is -0.126. The van der Waals surface area contributed by atoms with Gasteiger partial charge in [0, 0.05) is 30.6 Å². The van der Waals surface area contributed by atoms with Gasteiger partial charge < -0.3 is 10.2 Å².